The number of methoxy groups -OCH3 is 2. The Bertz CT molecular complexity index is 1090. The molecule has 9 heteroatoms. The first-order chi connectivity index (χ1) is 16.4. The Morgan fingerprint density at radius 2 is 1.79 bits per heavy atom. The third-order valence-electron chi connectivity index (χ3n) is 6.27. The lowest BCUT2D eigenvalue weighted by molar-refractivity contribution is -0.136. The lowest BCUT2D eigenvalue weighted by Gasteiger charge is -2.38. The van der Waals surface area contributed by atoms with Crippen LogP contribution >= 0.6 is 11.6 Å². The number of rotatable bonds is 6. The number of aryl methyl sites for hydroxylation is 1. The highest BCUT2D eigenvalue weighted by Crippen LogP contribution is 2.30. The lowest BCUT2D eigenvalue weighted by Crippen LogP contribution is -2.51. The van der Waals surface area contributed by atoms with Gasteiger partial charge in [0.25, 0.3) is 0 Å². The van der Waals surface area contributed by atoms with Gasteiger partial charge in [-0.1, -0.05) is 29.8 Å². The number of benzene rings is 2. The molecule has 8 nitrogen and oxygen atoms in total. The van der Waals surface area contributed by atoms with Gasteiger partial charge in [0.1, 0.15) is 5.75 Å². The fourth-order valence-electron chi connectivity index (χ4n) is 4.43. The molecule has 0 aliphatic carbocycles. The summed E-state index contributed by atoms with van der Waals surface area (Å²) in [5, 5.41) is 6.42. The smallest absolute Gasteiger partial charge is 0.338 e. The van der Waals surface area contributed by atoms with Crippen LogP contribution in [0.2, 0.25) is 5.02 Å². The normalized spacial score (nSPS) is 18.9. The fourth-order valence-corrected chi connectivity index (χ4v) is 4.60. The number of hydrogen-bond donors (Lipinski definition) is 2. The molecule has 0 spiro atoms. The molecule has 1 atom stereocenters. The summed E-state index contributed by atoms with van der Waals surface area (Å²) < 4.78 is 10.3. The molecule has 2 aromatic rings. The molecule has 0 unspecified atom stereocenters. The largest absolute Gasteiger partial charge is 0.497 e. The van der Waals surface area contributed by atoms with Gasteiger partial charge in [0.15, 0.2) is 0 Å². The third kappa shape index (κ3) is 5.13. The topological polar surface area (TPSA) is 83.1 Å². The predicted molar refractivity (Wildman–Crippen MR) is 131 cm³/mol. The number of carbonyl (C=O) groups excluding carboxylic acids is 2. The van der Waals surface area contributed by atoms with Crippen molar-refractivity contribution in [1.29, 1.82) is 0 Å². The van der Waals surface area contributed by atoms with Crippen LogP contribution in [-0.2, 0) is 9.53 Å². The van der Waals surface area contributed by atoms with E-state index >= 15 is 0 Å². The van der Waals surface area contributed by atoms with Crippen molar-refractivity contribution in [3.05, 3.63) is 69.9 Å². The monoisotopic (exact) mass is 484 g/mol. The van der Waals surface area contributed by atoms with Crippen molar-refractivity contribution in [2.24, 2.45) is 0 Å². The number of anilines is 1. The van der Waals surface area contributed by atoms with Gasteiger partial charge in [-0.15, -0.1) is 0 Å². The lowest BCUT2D eigenvalue weighted by atomic mass is 9.95. The van der Waals surface area contributed by atoms with Crippen LogP contribution in [0, 0.1) is 6.92 Å². The molecule has 0 radical (unpaired) electrons. The number of nitrogens with one attached hydrogen (secondary N) is 2. The highest BCUT2D eigenvalue weighted by Gasteiger charge is 2.34. The minimum absolute atomic E-state index is 0.350. The van der Waals surface area contributed by atoms with Crippen molar-refractivity contribution in [3.8, 4) is 5.75 Å². The van der Waals surface area contributed by atoms with Crippen LogP contribution < -0.4 is 20.3 Å². The second-order valence-electron chi connectivity index (χ2n) is 8.38. The number of piperazine rings is 1. The first-order valence-electron chi connectivity index (χ1n) is 11.2. The predicted octanol–water partition coefficient (Wildman–Crippen LogP) is 3.26. The van der Waals surface area contributed by atoms with Gasteiger partial charge in [-0.2, -0.15) is 0 Å². The molecule has 1 fully saturated rings. The quantitative estimate of drug-likeness (QED) is 0.612. The molecule has 2 N–H and O–H groups in total. The molecule has 2 heterocycles. The van der Waals surface area contributed by atoms with Crippen LogP contribution in [-0.4, -0.2) is 63.8 Å². The fraction of sp³-hybridized carbons (Fsp3) is 0.360. The second-order valence-corrected chi connectivity index (χ2v) is 8.82. The maximum absolute atomic E-state index is 12.8. The van der Waals surface area contributed by atoms with E-state index < -0.39 is 12.0 Å². The van der Waals surface area contributed by atoms with Crippen molar-refractivity contribution in [3.63, 3.8) is 0 Å². The molecule has 0 bridgehead atoms. The molecule has 2 aliphatic heterocycles. The molecule has 2 aliphatic rings. The first-order valence-corrected chi connectivity index (χ1v) is 11.5. The number of amides is 2. The molecule has 0 aromatic heterocycles. The highest BCUT2D eigenvalue weighted by molar-refractivity contribution is 6.30. The zero-order chi connectivity index (χ0) is 24.2. The van der Waals surface area contributed by atoms with E-state index in [4.69, 9.17) is 21.1 Å². The second kappa shape index (κ2) is 10.4. The summed E-state index contributed by atoms with van der Waals surface area (Å²) in [5.41, 5.74) is 4.05. The molecule has 4 rings (SSSR count). The van der Waals surface area contributed by atoms with Gasteiger partial charge >= 0.3 is 12.0 Å². The SMILES string of the molecule is COC(=O)C1=C(CN2CCN(c3cc(Cl)ccc3C)CC2)NC(=O)N[C@@H]1c1ccc(OC)cc1. The van der Waals surface area contributed by atoms with E-state index in [2.05, 4.69) is 27.4 Å². The minimum atomic E-state index is -0.613. The first kappa shape index (κ1) is 23.9. The van der Waals surface area contributed by atoms with Crippen LogP contribution in [0.5, 0.6) is 5.75 Å². The summed E-state index contributed by atoms with van der Waals surface area (Å²) in [5.74, 6) is 0.220. The van der Waals surface area contributed by atoms with Crippen LogP contribution in [0.1, 0.15) is 17.2 Å². The van der Waals surface area contributed by atoms with Crippen molar-refractivity contribution in [2.75, 3.05) is 51.8 Å². The summed E-state index contributed by atoms with van der Waals surface area (Å²) in [6.07, 6.45) is 0. The van der Waals surface area contributed by atoms with Crippen molar-refractivity contribution < 1.29 is 19.1 Å². The number of urea groups is 1. The van der Waals surface area contributed by atoms with Gasteiger partial charge in [-0.05, 0) is 42.3 Å². The van der Waals surface area contributed by atoms with Gasteiger partial charge in [-0.3, -0.25) is 4.90 Å². The average molecular weight is 485 g/mol. The number of carbonyl (C=O) groups is 2. The summed E-state index contributed by atoms with van der Waals surface area (Å²) in [7, 11) is 2.94. The van der Waals surface area contributed by atoms with Gasteiger partial charge in [0, 0.05) is 49.1 Å². The Balaban J connectivity index is 1.54. The molecular formula is C25H29ClN4O4. The van der Waals surface area contributed by atoms with E-state index in [-0.39, 0.29) is 6.03 Å². The number of hydrogen-bond acceptors (Lipinski definition) is 6. The molecule has 34 heavy (non-hydrogen) atoms. The number of nitrogens with zero attached hydrogens (tertiary/aromatic N) is 2. The molecule has 0 saturated carbocycles. The summed E-state index contributed by atoms with van der Waals surface area (Å²) >= 11 is 6.21. The van der Waals surface area contributed by atoms with E-state index in [1.165, 1.54) is 12.7 Å². The Morgan fingerprint density at radius 3 is 2.44 bits per heavy atom. The van der Waals surface area contributed by atoms with E-state index in [9.17, 15) is 9.59 Å². The van der Waals surface area contributed by atoms with E-state index in [0.717, 1.165) is 42.5 Å². The minimum Gasteiger partial charge on any atom is -0.497 e. The maximum atomic E-state index is 12.8. The van der Waals surface area contributed by atoms with Gasteiger partial charge < -0.3 is 25.0 Å². The van der Waals surface area contributed by atoms with Gasteiger partial charge in [0.2, 0.25) is 0 Å². The summed E-state index contributed by atoms with van der Waals surface area (Å²) in [4.78, 5) is 29.9. The van der Waals surface area contributed by atoms with Crippen molar-refractivity contribution in [1.82, 2.24) is 15.5 Å². The van der Waals surface area contributed by atoms with Crippen molar-refractivity contribution in [2.45, 2.75) is 13.0 Å². The molecule has 2 aromatic carbocycles. The maximum Gasteiger partial charge on any atom is 0.338 e. The Labute approximate surface area is 204 Å². The molecular weight excluding hydrogens is 456 g/mol. The Kier molecular flexibility index (Phi) is 7.29. The molecule has 180 valence electrons. The summed E-state index contributed by atoms with van der Waals surface area (Å²) in [6.45, 7) is 5.70. The van der Waals surface area contributed by atoms with Crippen molar-refractivity contribution >= 4 is 29.3 Å². The standard InChI is InChI=1S/C25H29ClN4O4/c1-16-4-7-18(26)14-21(16)30-12-10-29(11-13-30)15-20-22(24(31)34-3)23(28-25(32)27-20)17-5-8-19(33-2)9-6-17/h4-9,14,23H,10-13,15H2,1-3H3,(H2,27,28,32)/t23-/m1/s1. The van der Waals surface area contributed by atoms with Gasteiger partial charge in [0.05, 0.1) is 25.8 Å². The molecule has 1 saturated heterocycles. The zero-order valence-corrected chi connectivity index (χ0v) is 20.3. The Hall–Kier alpha value is -3.23. The highest BCUT2D eigenvalue weighted by atomic mass is 35.5. The zero-order valence-electron chi connectivity index (χ0n) is 19.6. The Morgan fingerprint density at radius 1 is 1.09 bits per heavy atom. The molecule has 2 amide bonds. The average Bonchev–Trinajstić information content (AvgIpc) is 2.85. The van der Waals surface area contributed by atoms with Crippen LogP contribution in [0.15, 0.2) is 53.7 Å². The number of esters is 1. The van der Waals surface area contributed by atoms with E-state index in [1.54, 1.807) is 19.2 Å². The summed E-state index contributed by atoms with van der Waals surface area (Å²) in [6, 6.07) is 12.2. The van der Waals surface area contributed by atoms with Crippen LogP contribution in [0.25, 0.3) is 0 Å². The van der Waals surface area contributed by atoms with E-state index in [1.807, 2.05) is 30.3 Å². The number of halogens is 1. The van der Waals surface area contributed by atoms with Crippen LogP contribution in [0.4, 0.5) is 10.5 Å². The van der Waals surface area contributed by atoms with E-state index in [0.29, 0.717) is 23.6 Å². The van der Waals surface area contributed by atoms with Gasteiger partial charge in [-0.25, -0.2) is 9.59 Å². The van der Waals surface area contributed by atoms with Crippen LogP contribution in [0.3, 0.4) is 0 Å². The number of ether oxygens (including phenoxy) is 2. The third-order valence-corrected chi connectivity index (χ3v) is 6.51.